The van der Waals surface area contributed by atoms with Gasteiger partial charge in [0.15, 0.2) is 0 Å². The molecule has 0 spiro atoms. The highest BCUT2D eigenvalue weighted by molar-refractivity contribution is 5.33. The molecule has 0 aliphatic carbocycles. The van der Waals surface area contributed by atoms with E-state index in [1.54, 1.807) is 0 Å². The molecule has 8 heteroatoms. The third kappa shape index (κ3) is 3.31. The molecule has 0 N–H and O–H groups in total. The molecule has 0 bridgehead atoms. The molecular formula is C12H8F6N2. The number of hydrogen-bond donors (Lipinski definition) is 0. The molecule has 0 amide bonds. The Bertz CT molecular complexity index is 551. The van der Waals surface area contributed by atoms with Gasteiger partial charge < -0.3 is 4.57 Å². The molecule has 20 heavy (non-hydrogen) atoms. The van der Waals surface area contributed by atoms with Crippen LogP contribution < -0.4 is 0 Å². The number of rotatable bonds is 2. The summed E-state index contributed by atoms with van der Waals surface area (Å²) >= 11 is 0. The number of halogens is 6. The van der Waals surface area contributed by atoms with Crippen molar-refractivity contribution in [3.8, 4) is 0 Å². The third-order valence-corrected chi connectivity index (χ3v) is 2.57. The maximum atomic E-state index is 12.6. The molecule has 0 aliphatic heterocycles. The quantitative estimate of drug-likeness (QED) is 0.766. The van der Waals surface area contributed by atoms with Crippen molar-refractivity contribution in [2.75, 3.05) is 0 Å². The summed E-state index contributed by atoms with van der Waals surface area (Å²) in [7, 11) is 0. The van der Waals surface area contributed by atoms with Gasteiger partial charge in [0, 0.05) is 18.9 Å². The molecule has 1 aromatic heterocycles. The van der Waals surface area contributed by atoms with E-state index < -0.39 is 23.5 Å². The van der Waals surface area contributed by atoms with Crippen LogP contribution in [-0.4, -0.2) is 9.55 Å². The highest BCUT2D eigenvalue weighted by Gasteiger charge is 2.36. The van der Waals surface area contributed by atoms with E-state index in [-0.39, 0.29) is 18.2 Å². The van der Waals surface area contributed by atoms with Gasteiger partial charge >= 0.3 is 12.4 Å². The molecule has 0 aliphatic rings. The minimum absolute atomic E-state index is 0.0925. The SMILES string of the molecule is FC(F)(F)c1cc(Cn2ccnc2)cc(C(F)(F)F)c1. The van der Waals surface area contributed by atoms with Gasteiger partial charge in [-0.25, -0.2) is 4.98 Å². The van der Waals surface area contributed by atoms with Crippen LogP contribution in [0.25, 0.3) is 0 Å². The fourth-order valence-electron chi connectivity index (χ4n) is 1.70. The van der Waals surface area contributed by atoms with Crippen molar-refractivity contribution >= 4 is 0 Å². The molecule has 0 fully saturated rings. The molecule has 2 nitrogen and oxygen atoms in total. The summed E-state index contributed by atoms with van der Waals surface area (Å²) in [4.78, 5) is 3.68. The monoisotopic (exact) mass is 294 g/mol. The fraction of sp³-hybridized carbons (Fsp3) is 0.250. The normalized spacial score (nSPS) is 12.7. The maximum Gasteiger partial charge on any atom is 0.416 e. The number of aromatic nitrogens is 2. The summed E-state index contributed by atoms with van der Waals surface area (Å²) in [5.41, 5.74) is -2.73. The standard InChI is InChI=1S/C12H8F6N2/c13-11(14,15)9-3-8(6-20-2-1-19-7-20)4-10(5-9)12(16,17)18/h1-5,7H,6H2. The predicted octanol–water partition coefficient (Wildman–Crippen LogP) is 3.97. The zero-order chi connectivity index (χ0) is 15.0. The van der Waals surface area contributed by atoms with Crippen molar-refractivity contribution in [1.82, 2.24) is 9.55 Å². The Morgan fingerprint density at radius 3 is 1.85 bits per heavy atom. The van der Waals surface area contributed by atoms with Gasteiger partial charge in [-0.15, -0.1) is 0 Å². The summed E-state index contributed by atoms with van der Waals surface area (Å²) in [6.45, 7) is -0.118. The summed E-state index contributed by atoms with van der Waals surface area (Å²) in [6.07, 6.45) is -5.50. The van der Waals surface area contributed by atoms with Crippen molar-refractivity contribution in [3.63, 3.8) is 0 Å². The van der Waals surface area contributed by atoms with Gasteiger partial charge in [-0.2, -0.15) is 26.3 Å². The number of nitrogens with zero attached hydrogens (tertiary/aromatic N) is 2. The highest BCUT2D eigenvalue weighted by atomic mass is 19.4. The Kier molecular flexibility index (Phi) is 3.49. The van der Waals surface area contributed by atoms with Crippen molar-refractivity contribution in [1.29, 1.82) is 0 Å². The topological polar surface area (TPSA) is 17.8 Å². The Hall–Kier alpha value is -1.99. The van der Waals surface area contributed by atoms with Crippen LogP contribution in [0.3, 0.4) is 0 Å². The first-order valence-corrected chi connectivity index (χ1v) is 5.40. The summed E-state index contributed by atoms with van der Waals surface area (Å²) in [5.74, 6) is 0. The largest absolute Gasteiger partial charge is 0.416 e. The molecule has 0 saturated carbocycles. The van der Waals surface area contributed by atoms with Gasteiger partial charge in [0.05, 0.1) is 17.5 Å². The number of imidazole rings is 1. The molecule has 0 unspecified atom stereocenters. The van der Waals surface area contributed by atoms with E-state index in [0.29, 0.717) is 12.1 Å². The summed E-state index contributed by atoms with van der Waals surface area (Å²) in [6, 6.07) is 1.52. The summed E-state index contributed by atoms with van der Waals surface area (Å²) < 4.78 is 77.2. The number of benzene rings is 1. The van der Waals surface area contributed by atoms with E-state index in [4.69, 9.17) is 0 Å². The first kappa shape index (κ1) is 14.4. The molecule has 2 aromatic rings. The minimum atomic E-state index is -4.83. The molecule has 1 heterocycles. The fourth-order valence-corrected chi connectivity index (χ4v) is 1.70. The van der Waals surface area contributed by atoms with Crippen molar-refractivity contribution in [3.05, 3.63) is 53.6 Å². The van der Waals surface area contributed by atoms with Crippen LogP contribution in [0.5, 0.6) is 0 Å². The van der Waals surface area contributed by atoms with E-state index in [1.807, 2.05) is 0 Å². The first-order valence-electron chi connectivity index (χ1n) is 5.40. The molecule has 0 radical (unpaired) electrons. The molecular weight excluding hydrogens is 286 g/mol. The molecule has 0 atom stereocenters. The average Bonchev–Trinajstić information content (AvgIpc) is 2.79. The van der Waals surface area contributed by atoms with Crippen LogP contribution in [0, 0.1) is 0 Å². The van der Waals surface area contributed by atoms with Crippen molar-refractivity contribution < 1.29 is 26.3 Å². The van der Waals surface area contributed by atoms with Crippen molar-refractivity contribution in [2.45, 2.75) is 18.9 Å². The van der Waals surface area contributed by atoms with Crippen molar-refractivity contribution in [2.24, 2.45) is 0 Å². The highest BCUT2D eigenvalue weighted by Crippen LogP contribution is 2.36. The maximum absolute atomic E-state index is 12.6. The number of hydrogen-bond acceptors (Lipinski definition) is 1. The van der Waals surface area contributed by atoms with E-state index in [0.717, 1.165) is 0 Å². The van der Waals surface area contributed by atoms with Crippen LogP contribution in [0.1, 0.15) is 16.7 Å². The second-order valence-corrected chi connectivity index (χ2v) is 4.15. The lowest BCUT2D eigenvalue weighted by Crippen LogP contribution is -2.12. The van der Waals surface area contributed by atoms with Gasteiger partial charge in [-0.1, -0.05) is 0 Å². The van der Waals surface area contributed by atoms with E-state index in [1.165, 1.54) is 23.3 Å². The van der Waals surface area contributed by atoms with Gasteiger partial charge in [-0.05, 0) is 23.8 Å². The van der Waals surface area contributed by atoms with Crippen LogP contribution in [0.2, 0.25) is 0 Å². The van der Waals surface area contributed by atoms with Gasteiger partial charge in [0.2, 0.25) is 0 Å². The first-order chi connectivity index (χ1) is 9.16. The van der Waals surface area contributed by atoms with E-state index in [9.17, 15) is 26.3 Å². The van der Waals surface area contributed by atoms with Crippen LogP contribution in [0.15, 0.2) is 36.9 Å². The molecule has 0 saturated heterocycles. The van der Waals surface area contributed by atoms with Gasteiger partial charge in [0.1, 0.15) is 0 Å². The zero-order valence-electron chi connectivity index (χ0n) is 9.83. The second-order valence-electron chi connectivity index (χ2n) is 4.15. The summed E-state index contributed by atoms with van der Waals surface area (Å²) in [5, 5.41) is 0. The zero-order valence-corrected chi connectivity index (χ0v) is 9.83. The molecule has 108 valence electrons. The minimum Gasteiger partial charge on any atom is -0.333 e. The predicted molar refractivity (Wildman–Crippen MR) is 57.8 cm³/mol. The Labute approximate surface area is 109 Å². The number of alkyl halides is 6. The van der Waals surface area contributed by atoms with E-state index in [2.05, 4.69) is 4.98 Å². The van der Waals surface area contributed by atoms with Gasteiger partial charge in [-0.3, -0.25) is 0 Å². The molecule has 1 aromatic carbocycles. The third-order valence-electron chi connectivity index (χ3n) is 2.57. The smallest absolute Gasteiger partial charge is 0.333 e. The lowest BCUT2D eigenvalue weighted by molar-refractivity contribution is -0.143. The van der Waals surface area contributed by atoms with Crippen LogP contribution >= 0.6 is 0 Å². The second kappa shape index (κ2) is 4.84. The van der Waals surface area contributed by atoms with Crippen LogP contribution in [-0.2, 0) is 18.9 Å². The Morgan fingerprint density at radius 1 is 0.900 bits per heavy atom. The van der Waals surface area contributed by atoms with E-state index >= 15 is 0 Å². The lowest BCUT2D eigenvalue weighted by atomic mass is 10.0. The Morgan fingerprint density at radius 2 is 1.45 bits per heavy atom. The Balaban J connectivity index is 2.46. The average molecular weight is 294 g/mol. The molecule has 2 rings (SSSR count). The van der Waals surface area contributed by atoms with Gasteiger partial charge in [0.25, 0.3) is 0 Å². The van der Waals surface area contributed by atoms with Crippen LogP contribution in [0.4, 0.5) is 26.3 Å². The lowest BCUT2D eigenvalue weighted by Gasteiger charge is -2.14.